The van der Waals surface area contributed by atoms with Crippen LogP contribution in [0.5, 0.6) is 5.75 Å². The standard InChI is InChI=1S/C15H13FO2S/c16-13-8-4-5-9-14(13)18-15(17)10-11-19-12-6-2-1-3-7-12/h1-9H,10-11H2. The summed E-state index contributed by atoms with van der Waals surface area (Å²) in [5, 5.41) is 0. The minimum absolute atomic E-state index is 0.0165. The third-order valence-corrected chi connectivity index (χ3v) is 3.39. The highest BCUT2D eigenvalue weighted by atomic mass is 32.2. The number of rotatable bonds is 5. The Labute approximate surface area is 115 Å². The Hall–Kier alpha value is -1.81. The van der Waals surface area contributed by atoms with E-state index in [1.807, 2.05) is 30.3 Å². The first kappa shape index (κ1) is 13.6. The fourth-order valence-corrected chi connectivity index (χ4v) is 2.32. The van der Waals surface area contributed by atoms with Gasteiger partial charge in [0.05, 0.1) is 6.42 Å². The monoisotopic (exact) mass is 276 g/mol. The predicted molar refractivity (Wildman–Crippen MR) is 73.8 cm³/mol. The summed E-state index contributed by atoms with van der Waals surface area (Å²) in [4.78, 5) is 12.7. The van der Waals surface area contributed by atoms with Crippen LogP contribution >= 0.6 is 11.8 Å². The third-order valence-electron chi connectivity index (χ3n) is 2.38. The quantitative estimate of drug-likeness (QED) is 0.470. The number of para-hydroxylation sites is 1. The fourth-order valence-electron chi connectivity index (χ4n) is 1.47. The van der Waals surface area contributed by atoms with Crippen LogP contribution < -0.4 is 4.74 Å². The van der Waals surface area contributed by atoms with E-state index in [1.165, 1.54) is 12.1 Å². The van der Waals surface area contributed by atoms with Crippen molar-refractivity contribution in [3.63, 3.8) is 0 Å². The predicted octanol–water partition coefficient (Wildman–Crippen LogP) is 3.91. The molecule has 0 aliphatic carbocycles. The van der Waals surface area contributed by atoms with Crippen molar-refractivity contribution >= 4 is 17.7 Å². The summed E-state index contributed by atoms with van der Waals surface area (Å²) < 4.78 is 18.2. The van der Waals surface area contributed by atoms with Gasteiger partial charge < -0.3 is 4.74 Å². The zero-order chi connectivity index (χ0) is 13.5. The Morgan fingerprint density at radius 2 is 1.74 bits per heavy atom. The summed E-state index contributed by atoms with van der Waals surface area (Å²) in [5.74, 6) is -0.352. The molecule has 0 fully saturated rings. The molecule has 0 N–H and O–H groups in total. The van der Waals surface area contributed by atoms with E-state index < -0.39 is 11.8 Å². The van der Waals surface area contributed by atoms with Crippen LogP contribution in [0.15, 0.2) is 59.5 Å². The van der Waals surface area contributed by atoms with Crippen LogP contribution in [0, 0.1) is 5.82 Å². The first-order valence-electron chi connectivity index (χ1n) is 5.89. The molecular formula is C15H13FO2S. The van der Waals surface area contributed by atoms with Crippen molar-refractivity contribution in [2.75, 3.05) is 5.75 Å². The third kappa shape index (κ3) is 4.41. The second-order valence-electron chi connectivity index (χ2n) is 3.82. The Morgan fingerprint density at radius 3 is 2.47 bits per heavy atom. The number of hydrogen-bond acceptors (Lipinski definition) is 3. The van der Waals surface area contributed by atoms with Gasteiger partial charge in [0.2, 0.25) is 0 Å². The maximum absolute atomic E-state index is 13.3. The maximum Gasteiger partial charge on any atom is 0.312 e. The van der Waals surface area contributed by atoms with E-state index in [0.29, 0.717) is 5.75 Å². The number of ether oxygens (including phenoxy) is 1. The number of benzene rings is 2. The Kier molecular flexibility index (Phi) is 4.98. The second kappa shape index (κ2) is 6.95. The lowest BCUT2D eigenvalue weighted by Gasteiger charge is -2.05. The molecule has 2 rings (SSSR count). The number of esters is 1. The first-order valence-corrected chi connectivity index (χ1v) is 6.87. The highest BCUT2D eigenvalue weighted by Crippen LogP contribution is 2.19. The lowest BCUT2D eigenvalue weighted by molar-refractivity contribution is -0.134. The Balaban J connectivity index is 1.78. The highest BCUT2D eigenvalue weighted by molar-refractivity contribution is 7.99. The van der Waals surface area contributed by atoms with E-state index in [1.54, 1.807) is 23.9 Å². The lowest BCUT2D eigenvalue weighted by Crippen LogP contribution is -2.09. The van der Waals surface area contributed by atoms with Gasteiger partial charge in [-0.15, -0.1) is 11.8 Å². The molecule has 0 radical (unpaired) electrons. The highest BCUT2D eigenvalue weighted by Gasteiger charge is 2.08. The molecule has 4 heteroatoms. The zero-order valence-electron chi connectivity index (χ0n) is 10.2. The molecule has 0 spiro atoms. The van der Waals surface area contributed by atoms with Crippen LogP contribution in [0.2, 0.25) is 0 Å². The summed E-state index contributed by atoms with van der Waals surface area (Å²) in [6.07, 6.45) is 0.244. The van der Waals surface area contributed by atoms with Crippen molar-refractivity contribution in [2.24, 2.45) is 0 Å². The van der Waals surface area contributed by atoms with Crippen molar-refractivity contribution in [3.05, 3.63) is 60.4 Å². The lowest BCUT2D eigenvalue weighted by atomic mass is 10.3. The summed E-state index contributed by atoms with van der Waals surface area (Å²) in [7, 11) is 0. The molecule has 0 atom stereocenters. The van der Waals surface area contributed by atoms with Gasteiger partial charge in [0.25, 0.3) is 0 Å². The Bertz CT molecular complexity index is 543. The molecular weight excluding hydrogens is 263 g/mol. The van der Waals surface area contributed by atoms with Crippen LogP contribution in [0.1, 0.15) is 6.42 Å². The molecule has 0 aromatic heterocycles. The topological polar surface area (TPSA) is 26.3 Å². The van der Waals surface area contributed by atoms with Crippen LogP contribution in [-0.2, 0) is 4.79 Å². The van der Waals surface area contributed by atoms with Gasteiger partial charge in [0, 0.05) is 10.6 Å². The average molecular weight is 276 g/mol. The number of thioether (sulfide) groups is 1. The van der Waals surface area contributed by atoms with Gasteiger partial charge in [-0.1, -0.05) is 30.3 Å². The molecule has 2 aromatic carbocycles. The smallest absolute Gasteiger partial charge is 0.312 e. The summed E-state index contributed by atoms with van der Waals surface area (Å²) in [6, 6.07) is 15.7. The van der Waals surface area contributed by atoms with Crippen molar-refractivity contribution in [3.8, 4) is 5.75 Å². The van der Waals surface area contributed by atoms with Gasteiger partial charge in [-0.3, -0.25) is 4.79 Å². The van der Waals surface area contributed by atoms with E-state index in [-0.39, 0.29) is 12.2 Å². The Morgan fingerprint density at radius 1 is 1.05 bits per heavy atom. The van der Waals surface area contributed by atoms with Crippen molar-refractivity contribution in [2.45, 2.75) is 11.3 Å². The summed E-state index contributed by atoms with van der Waals surface area (Å²) >= 11 is 1.57. The molecule has 0 unspecified atom stereocenters. The van der Waals surface area contributed by atoms with Crippen molar-refractivity contribution in [1.82, 2.24) is 0 Å². The molecule has 0 saturated carbocycles. The van der Waals surface area contributed by atoms with E-state index in [0.717, 1.165) is 4.90 Å². The van der Waals surface area contributed by atoms with Crippen LogP contribution in [0.25, 0.3) is 0 Å². The van der Waals surface area contributed by atoms with Crippen LogP contribution in [-0.4, -0.2) is 11.7 Å². The summed E-state index contributed by atoms with van der Waals surface area (Å²) in [6.45, 7) is 0. The molecule has 0 bridgehead atoms. The zero-order valence-corrected chi connectivity index (χ0v) is 11.0. The van der Waals surface area contributed by atoms with Gasteiger partial charge in [-0.2, -0.15) is 0 Å². The minimum Gasteiger partial charge on any atom is -0.423 e. The number of carbonyl (C=O) groups is 1. The molecule has 0 heterocycles. The molecule has 0 amide bonds. The van der Waals surface area contributed by atoms with Crippen LogP contribution in [0.3, 0.4) is 0 Å². The van der Waals surface area contributed by atoms with E-state index in [9.17, 15) is 9.18 Å². The number of halogens is 1. The molecule has 2 nitrogen and oxygen atoms in total. The van der Waals surface area contributed by atoms with E-state index in [2.05, 4.69) is 0 Å². The average Bonchev–Trinajstić information content (AvgIpc) is 2.43. The van der Waals surface area contributed by atoms with Crippen molar-refractivity contribution < 1.29 is 13.9 Å². The SMILES string of the molecule is O=C(CCSc1ccccc1)Oc1ccccc1F. The van der Waals surface area contributed by atoms with E-state index >= 15 is 0 Å². The molecule has 0 aliphatic rings. The van der Waals surface area contributed by atoms with Crippen LogP contribution in [0.4, 0.5) is 4.39 Å². The van der Waals surface area contributed by atoms with Gasteiger partial charge in [-0.25, -0.2) is 4.39 Å². The minimum atomic E-state index is -0.522. The van der Waals surface area contributed by atoms with Gasteiger partial charge >= 0.3 is 5.97 Å². The van der Waals surface area contributed by atoms with Crippen molar-refractivity contribution in [1.29, 1.82) is 0 Å². The fraction of sp³-hybridized carbons (Fsp3) is 0.133. The molecule has 2 aromatic rings. The second-order valence-corrected chi connectivity index (χ2v) is 4.98. The molecule has 0 saturated heterocycles. The van der Waals surface area contributed by atoms with Gasteiger partial charge in [0.15, 0.2) is 11.6 Å². The first-order chi connectivity index (χ1) is 9.25. The molecule has 98 valence electrons. The number of carbonyl (C=O) groups excluding carboxylic acids is 1. The molecule has 0 aliphatic heterocycles. The maximum atomic E-state index is 13.3. The number of hydrogen-bond donors (Lipinski definition) is 0. The van der Waals surface area contributed by atoms with Gasteiger partial charge in [0.1, 0.15) is 0 Å². The summed E-state index contributed by atoms with van der Waals surface area (Å²) in [5.41, 5.74) is 0. The normalized spacial score (nSPS) is 10.2. The largest absolute Gasteiger partial charge is 0.423 e. The van der Waals surface area contributed by atoms with Gasteiger partial charge in [-0.05, 0) is 24.3 Å². The van der Waals surface area contributed by atoms with E-state index in [4.69, 9.17) is 4.74 Å². The molecule has 19 heavy (non-hydrogen) atoms.